The van der Waals surface area contributed by atoms with E-state index in [0.717, 1.165) is 0 Å². The van der Waals surface area contributed by atoms with Crippen LogP contribution in [0.4, 0.5) is 10.5 Å². The van der Waals surface area contributed by atoms with Crippen molar-refractivity contribution in [2.45, 2.75) is 10.9 Å². The van der Waals surface area contributed by atoms with Crippen LogP contribution in [0.15, 0.2) is 65.6 Å². The molecule has 1 fully saturated rings. The molecule has 0 saturated carbocycles. The fourth-order valence-corrected chi connectivity index (χ4v) is 3.98. The van der Waals surface area contributed by atoms with Gasteiger partial charge < -0.3 is 4.74 Å². The first-order chi connectivity index (χ1) is 10.6. The molecule has 0 aliphatic carbocycles. The monoisotopic (exact) mass is 317 g/mol. The minimum atomic E-state index is -3.48. The molecular formula is C16H15NO4S. The highest BCUT2D eigenvalue weighted by atomic mass is 32.2. The molecule has 2 aromatic rings. The highest BCUT2D eigenvalue weighted by Crippen LogP contribution is 2.25. The van der Waals surface area contributed by atoms with E-state index >= 15 is 0 Å². The van der Waals surface area contributed by atoms with Crippen molar-refractivity contribution in [1.29, 1.82) is 0 Å². The standard InChI is InChI=1S/C16H15NO4S/c18-16-17(13-7-3-1-4-8-13)14(11-21-16)12-22(19,20)15-9-5-2-6-10-15/h1-10,14H,11-12H2. The van der Waals surface area contributed by atoms with Crippen LogP contribution in [0.1, 0.15) is 0 Å². The van der Waals surface area contributed by atoms with E-state index < -0.39 is 22.0 Å². The Bertz CT molecular complexity index is 759. The van der Waals surface area contributed by atoms with Crippen LogP contribution in [0.3, 0.4) is 0 Å². The number of benzene rings is 2. The number of hydrogen-bond acceptors (Lipinski definition) is 4. The summed E-state index contributed by atoms with van der Waals surface area (Å²) in [5.74, 6) is -0.169. The molecule has 0 aromatic heterocycles. The van der Waals surface area contributed by atoms with Crippen molar-refractivity contribution in [3.05, 3.63) is 60.7 Å². The molecule has 3 rings (SSSR count). The van der Waals surface area contributed by atoms with Crippen molar-refractivity contribution in [1.82, 2.24) is 0 Å². The molecule has 1 atom stereocenters. The third kappa shape index (κ3) is 2.82. The lowest BCUT2D eigenvalue weighted by atomic mass is 10.2. The first-order valence-electron chi connectivity index (χ1n) is 6.87. The molecule has 0 radical (unpaired) electrons. The summed E-state index contributed by atoms with van der Waals surface area (Å²) in [4.78, 5) is 13.6. The van der Waals surface area contributed by atoms with Crippen molar-refractivity contribution >= 4 is 21.6 Å². The summed E-state index contributed by atoms with van der Waals surface area (Å²) >= 11 is 0. The van der Waals surface area contributed by atoms with E-state index in [9.17, 15) is 13.2 Å². The van der Waals surface area contributed by atoms with Crippen molar-refractivity contribution in [2.24, 2.45) is 0 Å². The summed E-state index contributed by atoms with van der Waals surface area (Å²) in [7, 11) is -3.48. The zero-order chi connectivity index (χ0) is 15.6. The predicted molar refractivity (Wildman–Crippen MR) is 82.6 cm³/mol. The number of nitrogens with zero attached hydrogens (tertiary/aromatic N) is 1. The van der Waals surface area contributed by atoms with Gasteiger partial charge in [-0.15, -0.1) is 0 Å². The van der Waals surface area contributed by atoms with Crippen molar-refractivity contribution in [3.63, 3.8) is 0 Å². The molecule has 1 heterocycles. The summed E-state index contributed by atoms with van der Waals surface area (Å²) in [6.45, 7) is 0.0692. The molecule has 5 nitrogen and oxygen atoms in total. The van der Waals surface area contributed by atoms with Gasteiger partial charge in [0.25, 0.3) is 0 Å². The molecule has 114 valence electrons. The van der Waals surface area contributed by atoms with Gasteiger partial charge in [0.1, 0.15) is 6.61 Å². The molecule has 6 heteroatoms. The quantitative estimate of drug-likeness (QED) is 0.869. The second-order valence-corrected chi connectivity index (χ2v) is 7.06. The summed E-state index contributed by atoms with van der Waals surface area (Å²) < 4.78 is 30.0. The van der Waals surface area contributed by atoms with E-state index in [1.165, 1.54) is 4.90 Å². The van der Waals surface area contributed by atoms with Crippen LogP contribution in [-0.4, -0.2) is 32.9 Å². The Kier molecular flexibility index (Phi) is 3.85. The number of ether oxygens (including phenoxy) is 1. The van der Waals surface area contributed by atoms with Gasteiger partial charge in [-0.3, -0.25) is 4.90 Å². The van der Waals surface area contributed by atoms with Gasteiger partial charge in [-0.25, -0.2) is 13.2 Å². The number of amides is 1. The van der Waals surface area contributed by atoms with E-state index in [4.69, 9.17) is 4.74 Å². The molecule has 0 spiro atoms. The van der Waals surface area contributed by atoms with Crippen LogP contribution in [-0.2, 0) is 14.6 Å². The van der Waals surface area contributed by atoms with Gasteiger partial charge in [-0.05, 0) is 24.3 Å². The molecule has 1 amide bonds. The Hall–Kier alpha value is -2.34. The fraction of sp³-hybridized carbons (Fsp3) is 0.188. The SMILES string of the molecule is O=C1OCC(CS(=O)(=O)c2ccccc2)N1c1ccccc1. The Morgan fingerprint density at radius 1 is 1.00 bits per heavy atom. The number of sulfone groups is 1. The van der Waals surface area contributed by atoms with Gasteiger partial charge in [0.2, 0.25) is 0 Å². The van der Waals surface area contributed by atoms with Crippen LogP contribution >= 0.6 is 0 Å². The molecule has 2 aromatic carbocycles. The van der Waals surface area contributed by atoms with Gasteiger partial charge in [0.15, 0.2) is 9.84 Å². The molecule has 0 N–H and O–H groups in total. The summed E-state index contributed by atoms with van der Waals surface area (Å²) in [5, 5.41) is 0. The van der Waals surface area contributed by atoms with E-state index in [1.807, 2.05) is 6.07 Å². The lowest BCUT2D eigenvalue weighted by Gasteiger charge is -2.21. The smallest absolute Gasteiger partial charge is 0.414 e. The molecule has 1 aliphatic rings. The van der Waals surface area contributed by atoms with Crippen LogP contribution < -0.4 is 4.90 Å². The summed E-state index contributed by atoms with van der Waals surface area (Å²) in [6, 6.07) is 16.6. The maximum absolute atomic E-state index is 12.5. The van der Waals surface area contributed by atoms with E-state index in [0.29, 0.717) is 5.69 Å². The minimum absolute atomic E-state index is 0.0692. The second-order valence-electron chi connectivity index (χ2n) is 5.03. The van der Waals surface area contributed by atoms with E-state index in [1.54, 1.807) is 54.6 Å². The van der Waals surface area contributed by atoms with E-state index in [2.05, 4.69) is 0 Å². The van der Waals surface area contributed by atoms with E-state index in [-0.39, 0.29) is 17.3 Å². The maximum Gasteiger partial charge on any atom is 0.414 e. The zero-order valence-corrected chi connectivity index (χ0v) is 12.6. The Balaban J connectivity index is 1.87. The first kappa shape index (κ1) is 14.6. The fourth-order valence-electron chi connectivity index (χ4n) is 2.47. The van der Waals surface area contributed by atoms with Crippen molar-refractivity contribution in [2.75, 3.05) is 17.3 Å². The second kappa shape index (κ2) is 5.81. The van der Waals surface area contributed by atoms with Crippen LogP contribution in [0.2, 0.25) is 0 Å². The first-order valence-corrected chi connectivity index (χ1v) is 8.52. The van der Waals surface area contributed by atoms with Gasteiger partial charge in [0.05, 0.1) is 16.7 Å². The minimum Gasteiger partial charge on any atom is -0.447 e. The largest absolute Gasteiger partial charge is 0.447 e. The molecule has 1 saturated heterocycles. The molecular weight excluding hydrogens is 302 g/mol. The normalized spacial score (nSPS) is 18.3. The van der Waals surface area contributed by atoms with Gasteiger partial charge in [0, 0.05) is 5.69 Å². The highest BCUT2D eigenvalue weighted by molar-refractivity contribution is 7.91. The topological polar surface area (TPSA) is 63.7 Å². The van der Waals surface area contributed by atoms with Gasteiger partial charge >= 0.3 is 6.09 Å². The number of cyclic esters (lactones) is 1. The lowest BCUT2D eigenvalue weighted by Crippen LogP contribution is -2.38. The van der Waals surface area contributed by atoms with Crippen molar-refractivity contribution < 1.29 is 17.9 Å². The van der Waals surface area contributed by atoms with Crippen LogP contribution in [0.5, 0.6) is 0 Å². The molecule has 1 aliphatic heterocycles. The number of hydrogen-bond donors (Lipinski definition) is 0. The van der Waals surface area contributed by atoms with Gasteiger partial charge in [-0.2, -0.15) is 0 Å². The number of anilines is 1. The van der Waals surface area contributed by atoms with Gasteiger partial charge in [-0.1, -0.05) is 36.4 Å². The third-order valence-corrected chi connectivity index (χ3v) is 5.32. The molecule has 1 unspecified atom stereocenters. The number of carbonyl (C=O) groups is 1. The average molecular weight is 317 g/mol. The average Bonchev–Trinajstić information content (AvgIpc) is 2.89. The Labute approximate surface area is 129 Å². The Morgan fingerprint density at radius 3 is 2.23 bits per heavy atom. The number of rotatable bonds is 4. The zero-order valence-electron chi connectivity index (χ0n) is 11.8. The third-order valence-electron chi connectivity index (χ3n) is 3.51. The van der Waals surface area contributed by atoms with Crippen molar-refractivity contribution in [3.8, 4) is 0 Å². The predicted octanol–water partition coefficient (Wildman–Crippen LogP) is 2.49. The Morgan fingerprint density at radius 2 is 1.59 bits per heavy atom. The molecule has 22 heavy (non-hydrogen) atoms. The maximum atomic E-state index is 12.5. The van der Waals surface area contributed by atoms with Crippen LogP contribution in [0.25, 0.3) is 0 Å². The summed E-state index contributed by atoms with van der Waals surface area (Å²) in [6.07, 6.45) is -0.514. The highest BCUT2D eigenvalue weighted by Gasteiger charge is 2.37. The van der Waals surface area contributed by atoms with Crippen LogP contribution in [0, 0.1) is 0 Å². The summed E-state index contributed by atoms with van der Waals surface area (Å²) in [5.41, 5.74) is 0.637. The number of para-hydroxylation sites is 1. The lowest BCUT2D eigenvalue weighted by molar-refractivity contribution is 0.179. The molecule has 0 bridgehead atoms. The number of carbonyl (C=O) groups excluding carboxylic acids is 1.